The van der Waals surface area contributed by atoms with Crippen molar-refractivity contribution in [2.24, 2.45) is 5.92 Å². The standard InChI is InChI=1S/C12H25NO6S2.C8H16O4S.C5H10O2S.2CH4/c1-3-18-4-5-19-6-8-21(16,17)9-7-20-10-11(13-2)12(14)15;1-3-11-5-6-12-7-8-13(9,10)4-2;1-2-4(3-8)5(6)7;;/h11,13H,3-10H2,1-2H3,(H,14,15);4H,2-3,5-8H2,1H3;4,8H,2-3H2,1H3,(H,6,7);2*1H4. The number of nitrogens with one attached hydrogen (secondary N) is 1. The summed E-state index contributed by atoms with van der Waals surface area (Å²) in [6, 6.07) is -0.653. The van der Waals surface area contributed by atoms with Gasteiger partial charge in [-0.3, -0.25) is 9.59 Å². The van der Waals surface area contributed by atoms with Gasteiger partial charge >= 0.3 is 11.9 Å². The molecule has 13 nitrogen and oxygen atoms in total. The highest BCUT2D eigenvalue weighted by molar-refractivity contribution is 8.00. The Morgan fingerprint density at radius 2 is 1.32 bits per heavy atom. The lowest BCUT2D eigenvalue weighted by Crippen LogP contribution is -2.36. The zero-order valence-corrected chi connectivity index (χ0v) is 28.5. The predicted octanol–water partition coefficient (Wildman–Crippen LogP) is 2.76. The zero-order valence-electron chi connectivity index (χ0n) is 25.2. The van der Waals surface area contributed by atoms with E-state index in [1.165, 1.54) is 11.8 Å². The Bertz CT molecular complexity index is 883. The molecule has 0 aliphatic heterocycles. The highest BCUT2D eigenvalue weighted by Crippen LogP contribution is 2.06. The van der Waals surface area contributed by atoms with Gasteiger partial charge in [0, 0.05) is 35.9 Å². The van der Waals surface area contributed by atoms with E-state index >= 15 is 0 Å². The number of hydrogen-bond acceptors (Lipinski definition) is 13. The summed E-state index contributed by atoms with van der Waals surface area (Å²) in [5.74, 6) is -0.791. The van der Waals surface area contributed by atoms with Crippen LogP contribution in [0.25, 0.3) is 0 Å². The third-order valence-electron chi connectivity index (χ3n) is 4.99. The third-order valence-corrected chi connectivity index (χ3v) is 9.61. The van der Waals surface area contributed by atoms with Crippen LogP contribution in [0.3, 0.4) is 0 Å². The maximum Gasteiger partial charge on any atom is 0.321 e. The van der Waals surface area contributed by atoms with Crippen molar-refractivity contribution in [3.05, 3.63) is 12.0 Å². The summed E-state index contributed by atoms with van der Waals surface area (Å²) in [5, 5.41) is 20.7. The molecule has 0 aromatic rings. The molecule has 0 aromatic carbocycles. The lowest BCUT2D eigenvalue weighted by atomic mass is 10.1. The number of carbonyl (C=O) groups is 2. The predicted molar refractivity (Wildman–Crippen MR) is 184 cm³/mol. The number of thioether (sulfide) groups is 1. The first-order valence-corrected chi connectivity index (χ1v) is 18.8. The first-order chi connectivity index (χ1) is 19.8. The summed E-state index contributed by atoms with van der Waals surface area (Å²) >= 11 is 5.16. The molecule has 0 fully saturated rings. The molecular formula is C27H59NO12S4. The normalized spacial score (nSPS) is 12.1. The van der Waals surface area contributed by atoms with Crippen molar-refractivity contribution in [1.82, 2.24) is 5.32 Å². The number of carboxylic acids is 2. The van der Waals surface area contributed by atoms with Crippen molar-refractivity contribution < 1.29 is 55.6 Å². The molecule has 0 spiro atoms. The third kappa shape index (κ3) is 37.3. The van der Waals surface area contributed by atoms with Gasteiger partial charge in [0.1, 0.15) is 6.04 Å². The lowest BCUT2D eigenvalue weighted by Gasteiger charge is -2.10. The van der Waals surface area contributed by atoms with E-state index in [0.717, 1.165) is 5.41 Å². The van der Waals surface area contributed by atoms with Crippen LogP contribution in [0.15, 0.2) is 12.0 Å². The largest absolute Gasteiger partial charge is 0.481 e. The first-order valence-electron chi connectivity index (χ1n) is 13.4. The van der Waals surface area contributed by atoms with Crippen molar-refractivity contribution in [3.8, 4) is 0 Å². The summed E-state index contributed by atoms with van der Waals surface area (Å²) in [6.07, 6.45) is 0.666. The Morgan fingerprint density at radius 3 is 1.66 bits per heavy atom. The van der Waals surface area contributed by atoms with Gasteiger partial charge in [-0.2, -0.15) is 24.4 Å². The Labute approximate surface area is 276 Å². The molecule has 0 heterocycles. The van der Waals surface area contributed by atoms with E-state index in [0.29, 0.717) is 63.3 Å². The number of sulfone groups is 2. The molecule has 44 heavy (non-hydrogen) atoms. The molecule has 0 saturated heterocycles. The zero-order chi connectivity index (χ0) is 32.9. The van der Waals surface area contributed by atoms with Crippen LogP contribution in [0.5, 0.6) is 0 Å². The summed E-state index contributed by atoms with van der Waals surface area (Å²) in [7, 11) is -4.70. The maximum atomic E-state index is 11.7. The van der Waals surface area contributed by atoms with E-state index in [-0.39, 0.29) is 51.2 Å². The maximum absolute atomic E-state index is 11.7. The van der Waals surface area contributed by atoms with E-state index in [1.807, 2.05) is 20.8 Å². The van der Waals surface area contributed by atoms with Crippen LogP contribution in [0.1, 0.15) is 42.0 Å². The monoisotopic (exact) mass is 717 g/mol. The minimum absolute atomic E-state index is 0. The van der Waals surface area contributed by atoms with Gasteiger partial charge in [0.05, 0.1) is 62.8 Å². The van der Waals surface area contributed by atoms with E-state index in [4.69, 9.17) is 29.2 Å². The molecule has 2 unspecified atom stereocenters. The summed E-state index contributed by atoms with van der Waals surface area (Å²) in [4.78, 5) is 20.9. The van der Waals surface area contributed by atoms with Gasteiger partial charge < -0.3 is 34.5 Å². The van der Waals surface area contributed by atoms with Gasteiger partial charge in [-0.25, -0.2) is 16.8 Å². The average molecular weight is 718 g/mol. The Balaban J connectivity index is -0.000000189. The minimum Gasteiger partial charge on any atom is -0.481 e. The topological polar surface area (TPSA) is 192 Å². The van der Waals surface area contributed by atoms with Gasteiger partial charge in [-0.05, 0) is 27.3 Å². The highest BCUT2D eigenvalue weighted by atomic mass is 32.2. The molecule has 2 atom stereocenters. The van der Waals surface area contributed by atoms with Crippen molar-refractivity contribution in [3.63, 3.8) is 0 Å². The second kappa shape index (κ2) is 34.9. The molecule has 0 rings (SSSR count). The summed E-state index contributed by atoms with van der Waals surface area (Å²) < 4.78 is 65.4. The number of likely N-dealkylation sites (N-methyl/N-ethyl adjacent to an activating group) is 1. The molecule has 0 aromatic heterocycles. The minimum atomic E-state index is -3.15. The Morgan fingerprint density at radius 1 is 0.841 bits per heavy atom. The van der Waals surface area contributed by atoms with Crippen LogP contribution in [0.4, 0.5) is 0 Å². The van der Waals surface area contributed by atoms with Crippen molar-refractivity contribution >= 4 is 56.0 Å². The summed E-state index contributed by atoms with van der Waals surface area (Å²) in [6.45, 7) is 12.2. The van der Waals surface area contributed by atoms with Crippen LogP contribution in [0, 0.1) is 5.92 Å². The molecule has 0 bridgehead atoms. The molecule has 0 amide bonds. The second-order valence-electron chi connectivity index (χ2n) is 8.18. The van der Waals surface area contributed by atoms with Crippen LogP contribution in [-0.2, 0) is 48.2 Å². The van der Waals surface area contributed by atoms with Crippen LogP contribution in [0.2, 0.25) is 0 Å². The van der Waals surface area contributed by atoms with Crippen LogP contribution < -0.4 is 5.32 Å². The highest BCUT2D eigenvalue weighted by Gasteiger charge is 2.16. The van der Waals surface area contributed by atoms with Gasteiger partial charge in [-0.15, -0.1) is 0 Å². The molecule has 0 aliphatic rings. The number of hydrogen-bond donors (Lipinski definition) is 4. The van der Waals surface area contributed by atoms with Crippen molar-refractivity contribution in [1.29, 1.82) is 0 Å². The molecule has 268 valence electrons. The number of thiol groups is 1. The van der Waals surface area contributed by atoms with E-state index in [1.54, 1.807) is 7.05 Å². The van der Waals surface area contributed by atoms with Gasteiger partial charge in [0.15, 0.2) is 19.7 Å². The van der Waals surface area contributed by atoms with Crippen LogP contribution in [-0.4, -0.2) is 139 Å². The number of ether oxygens (including phenoxy) is 4. The molecule has 0 saturated carbocycles. The van der Waals surface area contributed by atoms with Gasteiger partial charge in [0.2, 0.25) is 0 Å². The van der Waals surface area contributed by atoms with Crippen molar-refractivity contribution in [2.45, 2.75) is 48.1 Å². The smallest absolute Gasteiger partial charge is 0.321 e. The number of carboxylic acid groups (broad SMARTS) is 2. The molecule has 17 heteroatoms. The SMILES string of the molecule is C.C.C=CS(=O)(=O)CCOCCOCC.CCC(CS)C(=O)O.CCOCCOCCS(=O)(=O)CCSCC(NC)C(=O)O. The molecular weight excluding hydrogens is 659 g/mol. The molecule has 0 aliphatic carbocycles. The quantitative estimate of drug-likeness (QED) is 0.0796. The van der Waals surface area contributed by atoms with Crippen LogP contribution >= 0.6 is 24.4 Å². The lowest BCUT2D eigenvalue weighted by molar-refractivity contribution is -0.141. The second-order valence-corrected chi connectivity index (χ2v) is 14.1. The number of aliphatic carboxylic acids is 2. The van der Waals surface area contributed by atoms with E-state index in [9.17, 15) is 26.4 Å². The fourth-order valence-corrected chi connectivity index (χ4v) is 6.03. The molecule has 3 N–H and O–H groups in total. The van der Waals surface area contributed by atoms with E-state index < -0.39 is 37.7 Å². The fraction of sp³-hybridized carbons (Fsp3) is 0.852. The van der Waals surface area contributed by atoms with E-state index in [2.05, 4.69) is 24.5 Å². The Kier molecular flexibility index (Phi) is 41.8. The molecule has 0 radical (unpaired) electrons. The van der Waals surface area contributed by atoms with Gasteiger partial charge in [-0.1, -0.05) is 28.4 Å². The van der Waals surface area contributed by atoms with Crippen molar-refractivity contribution in [2.75, 3.05) is 94.4 Å². The summed E-state index contributed by atoms with van der Waals surface area (Å²) in [5.41, 5.74) is 0. The Hall–Kier alpha value is -0.920. The van der Waals surface area contributed by atoms with Gasteiger partial charge in [0.25, 0.3) is 0 Å². The number of rotatable bonds is 25. The first kappa shape index (κ1) is 52.6. The fourth-order valence-electron chi connectivity index (χ4n) is 2.32. The average Bonchev–Trinajstić information content (AvgIpc) is 2.93.